The van der Waals surface area contributed by atoms with E-state index < -0.39 is 23.8 Å². The van der Waals surface area contributed by atoms with Crippen LogP contribution in [0, 0.1) is 5.82 Å². The van der Waals surface area contributed by atoms with E-state index in [1.54, 1.807) is 18.2 Å². The predicted molar refractivity (Wildman–Crippen MR) is 99.2 cm³/mol. The van der Waals surface area contributed by atoms with Crippen LogP contribution in [-0.4, -0.2) is 32.2 Å². The highest BCUT2D eigenvalue weighted by molar-refractivity contribution is 5.96. The Labute approximate surface area is 156 Å². The summed E-state index contributed by atoms with van der Waals surface area (Å²) in [6.45, 7) is 1.44. The molecule has 1 amide bonds. The highest BCUT2D eigenvalue weighted by Crippen LogP contribution is 2.31. The molecule has 27 heavy (non-hydrogen) atoms. The smallest absolute Gasteiger partial charge is 0.331 e. The van der Waals surface area contributed by atoms with Gasteiger partial charge in [0, 0.05) is 17.3 Å². The molecule has 1 N–H and O–H groups in total. The molecule has 7 heteroatoms. The summed E-state index contributed by atoms with van der Waals surface area (Å²) in [5, 5.41) is 2.54. The van der Waals surface area contributed by atoms with Crippen LogP contribution in [-0.2, 0) is 14.3 Å². The molecule has 0 radical (unpaired) electrons. The van der Waals surface area contributed by atoms with Crippen molar-refractivity contribution in [2.75, 3.05) is 19.5 Å². The van der Waals surface area contributed by atoms with Crippen LogP contribution in [0.25, 0.3) is 6.08 Å². The molecule has 0 unspecified atom stereocenters. The number of ether oxygens (including phenoxy) is 3. The van der Waals surface area contributed by atoms with Gasteiger partial charge in [0.2, 0.25) is 0 Å². The number of carbonyl (C=O) groups excluding carboxylic acids is 2. The number of esters is 1. The maximum Gasteiger partial charge on any atom is 0.331 e. The van der Waals surface area contributed by atoms with Gasteiger partial charge in [0.1, 0.15) is 5.82 Å². The van der Waals surface area contributed by atoms with Gasteiger partial charge in [-0.3, -0.25) is 4.79 Å². The number of anilines is 1. The minimum absolute atomic E-state index is 0.404. The number of methoxy groups -OCH3 is 2. The van der Waals surface area contributed by atoms with Crippen LogP contribution in [0.3, 0.4) is 0 Å². The minimum atomic E-state index is -1.03. The number of para-hydroxylation sites is 1. The van der Waals surface area contributed by atoms with Crippen molar-refractivity contribution < 1.29 is 28.2 Å². The molecular formula is C20H20FNO5. The number of carbonyl (C=O) groups is 2. The van der Waals surface area contributed by atoms with Crippen LogP contribution in [0.15, 0.2) is 48.5 Å². The van der Waals surface area contributed by atoms with Crippen molar-refractivity contribution in [1.82, 2.24) is 0 Å². The normalized spacial score (nSPS) is 11.7. The van der Waals surface area contributed by atoms with Crippen LogP contribution >= 0.6 is 0 Å². The van der Waals surface area contributed by atoms with Gasteiger partial charge in [0.15, 0.2) is 17.6 Å². The first-order valence-corrected chi connectivity index (χ1v) is 8.10. The molecule has 0 aliphatic rings. The van der Waals surface area contributed by atoms with Gasteiger partial charge in [-0.1, -0.05) is 12.1 Å². The number of halogens is 1. The van der Waals surface area contributed by atoms with Gasteiger partial charge < -0.3 is 19.5 Å². The summed E-state index contributed by atoms with van der Waals surface area (Å²) in [5.74, 6) is -0.624. The second-order valence-electron chi connectivity index (χ2n) is 5.49. The molecule has 0 saturated carbocycles. The number of benzene rings is 2. The average Bonchev–Trinajstić information content (AvgIpc) is 2.67. The zero-order valence-electron chi connectivity index (χ0n) is 15.2. The molecule has 2 aromatic rings. The molecule has 1 atom stereocenters. The first kappa shape index (κ1) is 20.0. The largest absolute Gasteiger partial charge is 0.493 e. The standard InChI is InChI=1S/C20H20FNO5/c1-13(20(24)22-16-10-8-15(21)9-11-16)27-18(23)12-7-14-5-4-6-17(25-2)19(14)26-3/h4-13H,1-3H3,(H,22,24)/b12-7+/t13-/m0/s1. The lowest BCUT2D eigenvalue weighted by atomic mass is 10.1. The Morgan fingerprint density at radius 2 is 1.78 bits per heavy atom. The van der Waals surface area contributed by atoms with E-state index in [1.165, 1.54) is 57.6 Å². The lowest BCUT2D eigenvalue weighted by Crippen LogP contribution is -2.29. The number of amides is 1. The predicted octanol–water partition coefficient (Wildman–Crippen LogP) is 3.43. The Balaban J connectivity index is 1.97. The van der Waals surface area contributed by atoms with Crippen molar-refractivity contribution >= 4 is 23.6 Å². The van der Waals surface area contributed by atoms with E-state index in [2.05, 4.69) is 5.32 Å². The highest BCUT2D eigenvalue weighted by atomic mass is 19.1. The zero-order chi connectivity index (χ0) is 19.8. The van der Waals surface area contributed by atoms with Crippen LogP contribution in [0.5, 0.6) is 11.5 Å². The van der Waals surface area contributed by atoms with Gasteiger partial charge in [-0.05, 0) is 43.3 Å². The van der Waals surface area contributed by atoms with Gasteiger partial charge in [0.05, 0.1) is 14.2 Å². The molecule has 0 bridgehead atoms. The summed E-state index contributed by atoms with van der Waals surface area (Å²) in [7, 11) is 3.01. The van der Waals surface area contributed by atoms with Crippen LogP contribution in [0.1, 0.15) is 12.5 Å². The van der Waals surface area contributed by atoms with Gasteiger partial charge in [-0.15, -0.1) is 0 Å². The first-order chi connectivity index (χ1) is 12.9. The number of hydrogen-bond donors (Lipinski definition) is 1. The lowest BCUT2D eigenvalue weighted by Gasteiger charge is -2.12. The van der Waals surface area contributed by atoms with E-state index in [0.29, 0.717) is 22.7 Å². The third-order valence-electron chi connectivity index (χ3n) is 3.61. The molecule has 6 nitrogen and oxygen atoms in total. The quantitative estimate of drug-likeness (QED) is 0.595. The summed E-state index contributed by atoms with van der Waals surface area (Å²) >= 11 is 0. The molecule has 2 rings (SSSR count). The molecule has 0 aliphatic heterocycles. The van der Waals surface area contributed by atoms with Crippen molar-refractivity contribution in [1.29, 1.82) is 0 Å². The molecular weight excluding hydrogens is 353 g/mol. The third kappa shape index (κ3) is 5.57. The van der Waals surface area contributed by atoms with Crippen molar-refractivity contribution in [2.24, 2.45) is 0 Å². The molecule has 0 saturated heterocycles. The molecule has 0 heterocycles. The number of rotatable bonds is 7. The SMILES string of the molecule is COc1cccc(/C=C/C(=O)O[C@@H](C)C(=O)Nc2ccc(F)cc2)c1OC. The van der Waals surface area contributed by atoms with Gasteiger partial charge >= 0.3 is 5.97 Å². The van der Waals surface area contributed by atoms with Crippen LogP contribution in [0.4, 0.5) is 10.1 Å². The summed E-state index contributed by atoms with van der Waals surface area (Å²) in [5.41, 5.74) is 1.03. The summed E-state index contributed by atoms with van der Waals surface area (Å²) in [4.78, 5) is 24.0. The Morgan fingerprint density at radius 1 is 1.07 bits per heavy atom. The zero-order valence-corrected chi connectivity index (χ0v) is 15.2. The number of nitrogens with one attached hydrogen (secondary N) is 1. The maximum absolute atomic E-state index is 12.9. The summed E-state index contributed by atoms with van der Waals surface area (Å²) in [6, 6.07) is 10.5. The van der Waals surface area contributed by atoms with Gasteiger partial charge in [-0.25, -0.2) is 9.18 Å². The molecule has 142 valence electrons. The second kappa shape index (κ2) is 9.38. The lowest BCUT2D eigenvalue weighted by molar-refractivity contribution is -0.148. The summed E-state index contributed by atoms with van der Waals surface area (Å²) < 4.78 is 28.4. The molecule has 0 fully saturated rings. The third-order valence-corrected chi connectivity index (χ3v) is 3.61. The van der Waals surface area contributed by atoms with Crippen molar-refractivity contribution in [3.05, 3.63) is 59.9 Å². The van der Waals surface area contributed by atoms with E-state index in [0.717, 1.165) is 0 Å². The maximum atomic E-state index is 12.9. The van der Waals surface area contributed by atoms with Crippen molar-refractivity contribution in [3.8, 4) is 11.5 Å². The second-order valence-corrected chi connectivity index (χ2v) is 5.49. The minimum Gasteiger partial charge on any atom is -0.493 e. The van der Waals surface area contributed by atoms with Crippen LogP contribution in [0.2, 0.25) is 0 Å². The monoisotopic (exact) mass is 373 g/mol. The fourth-order valence-electron chi connectivity index (χ4n) is 2.25. The van der Waals surface area contributed by atoms with Crippen LogP contribution < -0.4 is 14.8 Å². The molecule has 0 aliphatic carbocycles. The van der Waals surface area contributed by atoms with E-state index >= 15 is 0 Å². The average molecular weight is 373 g/mol. The topological polar surface area (TPSA) is 73.9 Å². The van der Waals surface area contributed by atoms with E-state index in [-0.39, 0.29) is 0 Å². The van der Waals surface area contributed by atoms with Gasteiger partial charge in [0.25, 0.3) is 5.91 Å². The summed E-state index contributed by atoms with van der Waals surface area (Å²) in [6.07, 6.45) is 1.67. The van der Waals surface area contributed by atoms with E-state index in [9.17, 15) is 14.0 Å². The molecule has 0 aromatic heterocycles. The van der Waals surface area contributed by atoms with E-state index in [4.69, 9.17) is 14.2 Å². The Morgan fingerprint density at radius 3 is 2.41 bits per heavy atom. The fraction of sp³-hybridized carbons (Fsp3) is 0.200. The van der Waals surface area contributed by atoms with Gasteiger partial charge in [-0.2, -0.15) is 0 Å². The fourth-order valence-corrected chi connectivity index (χ4v) is 2.25. The first-order valence-electron chi connectivity index (χ1n) is 8.10. The molecule has 0 spiro atoms. The van der Waals surface area contributed by atoms with Crippen molar-refractivity contribution in [3.63, 3.8) is 0 Å². The Kier molecular flexibility index (Phi) is 6.93. The Bertz CT molecular complexity index is 833. The Hall–Kier alpha value is -3.35. The van der Waals surface area contributed by atoms with E-state index in [1.807, 2.05) is 0 Å². The highest BCUT2D eigenvalue weighted by Gasteiger charge is 2.17. The molecule has 2 aromatic carbocycles. The van der Waals surface area contributed by atoms with Crippen molar-refractivity contribution in [2.45, 2.75) is 13.0 Å². The number of hydrogen-bond acceptors (Lipinski definition) is 5.